The third kappa shape index (κ3) is 1.75. The molecular formula is C15H19N3. The molecule has 3 rings (SSSR count). The first-order valence-electron chi connectivity index (χ1n) is 6.56. The standard InChI is InChI=1S/C15H19N3/c1-10-5-7-12(8-6-10)14-11(2)18-9-3-4-13(16)15(18)17-14/h5-8,13H,3-4,9,16H2,1-2H3. The minimum absolute atomic E-state index is 0.0941. The molecule has 0 aliphatic carbocycles. The summed E-state index contributed by atoms with van der Waals surface area (Å²) in [6.45, 7) is 5.29. The van der Waals surface area contributed by atoms with Crippen LogP contribution in [0.3, 0.4) is 0 Å². The lowest BCUT2D eigenvalue weighted by Gasteiger charge is -2.20. The van der Waals surface area contributed by atoms with Crippen LogP contribution < -0.4 is 5.73 Å². The summed E-state index contributed by atoms with van der Waals surface area (Å²) in [7, 11) is 0. The van der Waals surface area contributed by atoms with E-state index in [2.05, 4.69) is 42.7 Å². The van der Waals surface area contributed by atoms with Gasteiger partial charge in [-0.3, -0.25) is 0 Å². The molecule has 0 saturated heterocycles. The second-order valence-corrected chi connectivity index (χ2v) is 5.17. The van der Waals surface area contributed by atoms with Crippen LogP contribution in [-0.2, 0) is 6.54 Å². The van der Waals surface area contributed by atoms with Crippen molar-refractivity contribution in [1.29, 1.82) is 0 Å². The van der Waals surface area contributed by atoms with Crippen molar-refractivity contribution >= 4 is 0 Å². The Hall–Kier alpha value is -1.61. The summed E-state index contributed by atoms with van der Waals surface area (Å²) >= 11 is 0. The van der Waals surface area contributed by atoms with Crippen LogP contribution in [0.25, 0.3) is 11.3 Å². The molecule has 3 nitrogen and oxygen atoms in total. The maximum atomic E-state index is 6.15. The van der Waals surface area contributed by atoms with E-state index in [1.807, 2.05) is 0 Å². The highest BCUT2D eigenvalue weighted by atomic mass is 15.1. The van der Waals surface area contributed by atoms with E-state index in [4.69, 9.17) is 10.7 Å². The SMILES string of the molecule is Cc1ccc(-c2nc3n(c2C)CCCC3N)cc1. The molecule has 1 aromatic carbocycles. The average molecular weight is 241 g/mol. The lowest BCUT2D eigenvalue weighted by Crippen LogP contribution is -2.22. The van der Waals surface area contributed by atoms with Gasteiger partial charge in [0.1, 0.15) is 5.82 Å². The molecule has 0 spiro atoms. The van der Waals surface area contributed by atoms with Crippen LogP contribution in [0.5, 0.6) is 0 Å². The maximum absolute atomic E-state index is 6.15. The molecule has 3 heteroatoms. The van der Waals surface area contributed by atoms with Gasteiger partial charge >= 0.3 is 0 Å². The number of fused-ring (bicyclic) bond motifs is 1. The lowest BCUT2D eigenvalue weighted by atomic mass is 10.1. The summed E-state index contributed by atoms with van der Waals surface area (Å²) in [5.74, 6) is 1.05. The van der Waals surface area contributed by atoms with Crippen molar-refractivity contribution in [2.45, 2.75) is 39.3 Å². The van der Waals surface area contributed by atoms with Crippen molar-refractivity contribution in [3.8, 4) is 11.3 Å². The zero-order chi connectivity index (χ0) is 12.7. The first kappa shape index (κ1) is 11.5. The molecule has 1 unspecified atom stereocenters. The second kappa shape index (κ2) is 4.25. The third-order valence-electron chi connectivity index (χ3n) is 3.80. The molecule has 18 heavy (non-hydrogen) atoms. The fraction of sp³-hybridized carbons (Fsp3) is 0.400. The monoisotopic (exact) mass is 241 g/mol. The highest BCUT2D eigenvalue weighted by molar-refractivity contribution is 5.62. The van der Waals surface area contributed by atoms with Gasteiger partial charge in [0, 0.05) is 17.8 Å². The maximum Gasteiger partial charge on any atom is 0.126 e. The molecule has 0 radical (unpaired) electrons. The number of rotatable bonds is 1. The van der Waals surface area contributed by atoms with Gasteiger partial charge < -0.3 is 10.3 Å². The first-order valence-corrected chi connectivity index (χ1v) is 6.56. The minimum atomic E-state index is 0.0941. The van der Waals surface area contributed by atoms with Crippen LogP contribution in [0.4, 0.5) is 0 Å². The smallest absolute Gasteiger partial charge is 0.126 e. The van der Waals surface area contributed by atoms with Gasteiger partial charge in [-0.25, -0.2) is 4.98 Å². The molecule has 2 N–H and O–H groups in total. The number of imidazole rings is 1. The molecule has 0 amide bonds. The Morgan fingerprint density at radius 3 is 2.61 bits per heavy atom. The molecule has 2 heterocycles. The van der Waals surface area contributed by atoms with Gasteiger partial charge in [0.15, 0.2) is 0 Å². The second-order valence-electron chi connectivity index (χ2n) is 5.17. The highest BCUT2D eigenvalue weighted by Crippen LogP contribution is 2.30. The van der Waals surface area contributed by atoms with Crippen molar-refractivity contribution in [2.24, 2.45) is 5.73 Å². The Bertz CT molecular complexity index is 566. The van der Waals surface area contributed by atoms with Crippen LogP contribution >= 0.6 is 0 Å². The van der Waals surface area contributed by atoms with Gasteiger partial charge in [-0.2, -0.15) is 0 Å². The molecule has 1 aliphatic rings. The van der Waals surface area contributed by atoms with Crippen LogP contribution in [0.1, 0.15) is 36.0 Å². The Morgan fingerprint density at radius 1 is 1.22 bits per heavy atom. The molecule has 1 aliphatic heterocycles. The Morgan fingerprint density at radius 2 is 1.94 bits per heavy atom. The zero-order valence-corrected chi connectivity index (χ0v) is 11.0. The normalized spacial score (nSPS) is 18.7. The van der Waals surface area contributed by atoms with Crippen LogP contribution in [0.15, 0.2) is 24.3 Å². The molecular weight excluding hydrogens is 222 g/mol. The molecule has 0 saturated carbocycles. The minimum Gasteiger partial charge on any atom is -0.330 e. The molecule has 0 bridgehead atoms. The summed E-state index contributed by atoms with van der Waals surface area (Å²) in [6, 6.07) is 8.64. The van der Waals surface area contributed by atoms with E-state index in [9.17, 15) is 0 Å². The fourth-order valence-electron chi connectivity index (χ4n) is 2.70. The lowest BCUT2D eigenvalue weighted by molar-refractivity contribution is 0.446. The number of aromatic nitrogens is 2. The van der Waals surface area contributed by atoms with Crippen LogP contribution in [-0.4, -0.2) is 9.55 Å². The largest absolute Gasteiger partial charge is 0.330 e. The highest BCUT2D eigenvalue weighted by Gasteiger charge is 2.23. The van der Waals surface area contributed by atoms with E-state index in [1.165, 1.54) is 16.8 Å². The number of hydrogen-bond acceptors (Lipinski definition) is 2. The third-order valence-corrected chi connectivity index (χ3v) is 3.80. The van der Waals surface area contributed by atoms with Crippen molar-refractivity contribution in [2.75, 3.05) is 0 Å². The van der Waals surface area contributed by atoms with Gasteiger partial charge in [-0.1, -0.05) is 29.8 Å². The predicted molar refractivity (Wildman–Crippen MR) is 73.3 cm³/mol. The number of nitrogens with zero attached hydrogens (tertiary/aromatic N) is 2. The number of benzene rings is 1. The quantitative estimate of drug-likeness (QED) is 0.834. The van der Waals surface area contributed by atoms with Crippen molar-refractivity contribution in [3.05, 3.63) is 41.3 Å². The Kier molecular flexibility index (Phi) is 2.71. The molecule has 0 fully saturated rings. The topological polar surface area (TPSA) is 43.8 Å². The Labute approximate surface area is 108 Å². The summed E-state index contributed by atoms with van der Waals surface area (Å²) in [6.07, 6.45) is 2.20. The van der Waals surface area contributed by atoms with Gasteiger partial charge in [-0.15, -0.1) is 0 Å². The van der Waals surface area contributed by atoms with E-state index in [0.717, 1.165) is 30.9 Å². The van der Waals surface area contributed by atoms with Crippen molar-refractivity contribution < 1.29 is 0 Å². The van der Waals surface area contributed by atoms with Gasteiger partial charge in [0.25, 0.3) is 0 Å². The summed E-state index contributed by atoms with van der Waals surface area (Å²) in [5, 5.41) is 0. The van der Waals surface area contributed by atoms with Gasteiger partial charge in [0.2, 0.25) is 0 Å². The molecule has 94 valence electrons. The van der Waals surface area contributed by atoms with E-state index in [-0.39, 0.29) is 6.04 Å². The molecule has 1 aromatic heterocycles. The predicted octanol–water partition coefficient (Wildman–Crippen LogP) is 2.96. The number of hydrogen-bond donors (Lipinski definition) is 1. The van der Waals surface area contributed by atoms with E-state index < -0.39 is 0 Å². The van der Waals surface area contributed by atoms with E-state index >= 15 is 0 Å². The van der Waals surface area contributed by atoms with Crippen molar-refractivity contribution in [3.63, 3.8) is 0 Å². The summed E-state index contributed by atoms with van der Waals surface area (Å²) < 4.78 is 2.28. The Balaban J connectivity index is 2.10. The van der Waals surface area contributed by atoms with Gasteiger partial charge in [0.05, 0.1) is 11.7 Å². The summed E-state index contributed by atoms with van der Waals surface area (Å²) in [4.78, 5) is 4.77. The van der Waals surface area contributed by atoms with E-state index in [0.29, 0.717) is 0 Å². The zero-order valence-electron chi connectivity index (χ0n) is 11.0. The molecule has 1 atom stereocenters. The van der Waals surface area contributed by atoms with Crippen LogP contribution in [0.2, 0.25) is 0 Å². The number of aryl methyl sites for hydroxylation is 1. The first-order chi connectivity index (χ1) is 8.66. The number of nitrogens with two attached hydrogens (primary N) is 1. The van der Waals surface area contributed by atoms with Gasteiger partial charge in [-0.05, 0) is 26.7 Å². The molecule has 2 aromatic rings. The van der Waals surface area contributed by atoms with Crippen molar-refractivity contribution in [1.82, 2.24) is 9.55 Å². The van der Waals surface area contributed by atoms with Crippen LogP contribution in [0, 0.1) is 13.8 Å². The average Bonchev–Trinajstić information content (AvgIpc) is 2.70. The fourth-order valence-corrected chi connectivity index (χ4v) is 2.70. The summed E-state index contributed by atoms with van der Waals surface area (Å²) in [5.41, 5.74) is 10.9. The van der Waals surface area contributed by atoms with E-state index in [1.54, 1.807) is 0 Å².